The quantitative estimate of drug-likeness (QED) is 0.840. The third-order valence-electron chi connectivity index (χ3n) is 3.38. The molecule has 4 heteroatoms. The fourth-order valence-electron chi connectivity index (χ4n) is 2.17. The van der Waals surface area contributed by atoms with Gasteiger partial charge in [0.25, 0.3) is 0 Å². The van der Waals surface area contributed by atoms with Gasteiger partial charge in [0.15, 0.2) is 11.5 Å². The Morgan fingerprint density at radius 1 is 1.17 bits per heavy atom. The van der Waals surface area contributed by atoms with Gasteiger partial charge in [-0.25, -0.2) is 0 Å². The molecule has 0 unspecified atom stereocenters. The molecule has 1 aromatic carbocycles. The minimum atomic E-state index is -0.567. The molecule has 0 aromatic heterocycles. The third-order valence-corrected chi connectivity index (χ3v) is 3.38. The molecule has 2 rings (SSSR count). The lowest BCUT2D eigenvalue weighted by molar-refractivity contribution is 0.146. The first-order valence-electron chi connectivity index (χ1n) is 6.07. The zero-order chi connectivity index (χ0) is 13.2. The van der Waals surface area contributed by atoms with Gasteiger partial charge in [-0.05, 0) is 24.5 Å². The number of hydrogen-bond donors (Lipinski definition) is 1. The van der Waals surface area contributed by atoms with Gasteiger partial charge in [0.05, 0.1) is 26.4 Å². The molecule has 1 saturated carbocycles. The number of aliphatic hydroxyl groups is 1. The van der Waals surface area contributed by atoms with Gasteiger partial charge in [-0.3, -0.25) is 0 Å². The second kappa shape index (κ2) is 5.16. The maximum absolute atomic E-state index is 10.1. The highest BCUT2D eigenvalue weighted by Gasteiger charge is 2.41. The molecule has 0 spiro atoms. The molecule has 1 fully saturated rings. The predicted molar refractivity (Wildman–Crippen MR) is 68.1 cm³/mol. The van der Waals surface area contributed by atoms with Crippen LogP contribution in [0.3, 0.4) is 0 Å². The largest absolute Gasteiger partial charge is 0.493 e. The van der Waals surface area contributed by atoms with E-state index in [0.29, 0.717) is 24.5 Å². The maximum Gasteiger partial charge on any atom is 0.164 e. The SMILES string of the molecule is COCc1ccc(OC)c(OC)c1CC1(O)CC1. The Hall–Kier alpha value is -1.26. The lowest BCUT2D eigenvalue weighted by Gasteiger charge is -2.18. The minimum Gasteiger partial charge on any atom is -0.493 e. The zero-order valence-corrected chi connectivity index (χ0v) is 11.2. The Bertz CT molecular complexity index is 424. The highest BCUT2D eigenvalue weighted by molar-refractivity contribution is 5.51. The van der Waals surface area contributed by atoms with E-state index >= 15 is 0 Å². The second-order valence-electron chi connectivity index (χ2n) is 4.77. The molecule has 0 radical (unpaired) electrons. The molecule has 0 aliphatic heterocycles. The van der Waals surface area contributed by atoms with Crippen molar-refractivity contribution in [2.45, 2.75) is 31.5 Å². The second-order valence-corrected chi connectivity index (χ2v) is 4.77. The standard InChI is InChI=1S/C14H20O4/c1-16-9-10-4-5-12(17-2)13(18-3)11(10)8-14(15)6-7-14/h4-5,15H,6-9H2,1-3H3. The Morgan fingerprint density at radius 3 is 2.39 bits per heavy atom. The molecule has 0 atom stereocenters. The van der Waals surface area contributed by atoms with Crippen molar-refractivity contribution in [1.82, 2.24) is 0 Å². The van der Waals surface area contributed by atoms with Gasteiger partial charge in [0, 0.05) is 19.1 Å². The molecule has 0 amide bonds. The van der Waals surface area contributed by atoms with E-state index in [1.54, 1.807) is 21.3 Å². The first kappa shape index (κ1) is 13.2. The summed E-state index contributed by atoms with van der Waals surface area (Å²) in [5, 5.41) is 10.1. The molecule has 18 heavy (non-hydrogen) atoms. The number of rotatable bonds is 6. The third kappa shape index (κ3) is 2.60. The van der Waals surface area contributed by atoms with Crippen molar-refractivity contribution in [3.63, 3.8) is 0 Å². The summed E-state index contributed by atoms with van der Waals surface area (Å²) in [6, 6.07) is 3.83. The molecule has 1 aliphatic carbocycles. The van der Waals surface area contributed by atoms with Crippen LogP contribution in [0.2, 0.25) is 0 Å². The van der Waals surface area contributed by atoms with E-state index in [0.717, 1.165) is 24.0 Å². The van der Waals surface area contributed by atoms with E-state index < -0.39 is 5.60 Å². The minimum absolute atomic E-state index is 0.506. The molecule has 1 aromatic rings. The summed E-state index contributed by atoms with van der Waals surface area (Å²) in [6.07, 6.45) is 2.28. The molecular formula is C14H20O4. The maximum atomic E-state index is 10.1. The van der Waals surface area contributed by atoms with E-state index in [4.69, 9.17) is 14.2 Å². The Balaban J connectivity index is 2.40. The van der Waals surface area contributed by atoms with E-state index in [9.17, 15) is 5.11 Å². The van der Waals surface area contributed by atoms with Crippen molar-refractivity contribution in [3.05, 3.63) is 23.3 Å². The number of benzene rings is 1. The van der Waals surface area contributed by atoms with Crippen molar-refractivity contribution >= 4 is 0 Å². The first-order chi connectivity index (χ1) is 8.63. The van der Waals surface area contributed by atoms with Crippen molar-refractivity contribution in [2.75, 3.05) is 21.3 Å². The van der Waals surface area contributed by atoms with Crippen LogP contribution in [0.5, 0.6) is 11.5 Å². The fourth-order valence-corrected chi connectivity index (χ4v) is 2.17. The molecule has 0 heterocycles. The number of ether oxygens (including phenoxy) is 3. The number of methoxy groups -OCH3 is 3. The first-order valence-corrected chi connectivity index (χ1v) is 6.07. The van der Waals surface area contributed by atoms with Crippen molar-refractivity contribution in [1.29, 1.82) is 0 Å². The van der Waals surface area contributed by atoms with Crippen LogP contribution in [-0.4, -0.2) is 32.0 Å². The number of hydrogen-bond acceptors (Lipinski definition) is 4. The lowest BCUT2D eigenvalue weighted by Crippen LogP contribution is -2.14. The van der Waals surface area contributed by atoms with E-state index in [1.165, 1.54) is 0 Å². The van der Waals surface area contributed by atoms with Gasteiger partial charge in [-0.15, -0.1) is 0 Å². The average molecular weight is 252 g/mol. The van der Waals surface area contributed by atoms with E-state index in [-0.39, 0.29) is 0 Å². The fraction of sp³-hybridized carbons (Fsp3) is 0.571. The van der Waals surface area contributed by atoms with Gasteiger partial charge >= 0.3 is 0 Å². The smallest absolute Gasteiger partial charge is 0.164 e. The van der Waals surface area contributed by atoms with Gasteiger partial charge in [0.1, 0.15) is 0 Å². The zero-order valence-electron chi connectivity index (χ0n) is 11.2. The normalized spacial score (nSPS) is 16.4. The van der Waals surface area contributed by atoms with E-state index in [1.807, 2.05) is 12.1 Å². The van der Waals surface area contributed by atoms with Gasteiger partial charge in [-0.2, -0.15) is 0 Å². The van der Waals surface area contributed by atoms with Crippen LogP contribution in [-0.2, 0) is 17.8 Å². The summed E-state index contributed by atoms with van der Waals surface area (Å²) < 4.78 is 15.9. The summed E-state index contributed by atoms with van der Waals surface area (Å²) in [4.78, 5) is 0. The molecule has 1 aliphatic rings. The van der Waals surface area contributed by atoms with Crippen LogP contribution in [0.1, 0.15) is 24.0 Å². The van der Waals surface area contributed by atoms with Crippen LogP contribution in [0.4, 0.5) is 0 Å². The average Bonchev–Trinajstić information content (AvgIpc) is 3.09. The van der Waals surface area contributed by atoms with E-state index in [2.05, 4.69) is 0 Å². The van der Waals surface area contributed by atoms with Crippen LogP contribution in [0, 0.1) is 0 Å². The Labute approximate surface area is 107 Å². The van der Waals surface area contributed by atoms with Crippen LogP contribution in [0.25, 0.3) is 0 Å². The summed E-state index contributed by atoms with van der Waals surface area (Å²) in [5.41, 5.74) is 1.46. The molecule has 0 saturated heterocycles. The van der Waals surface area contributed by atoms with Gasteiger partial charge in [0.2, 0.25) is 0 Å². The van der Waals surface area contributed by atoms with Gasteiger partial charge < -0.3 is 19.3 Å². The van der Waals surface area contributed by atoms with Gasteiger partial charge in [-0.1, -0.05) is 6.07 Å². The van der Waals surface area contributed by atoms with Crippen LogP contribution in [0.15, 0.2) is 12.1 Å². The Kier molecular flexibility index (Phi) is 3.78. The summed E-state index contributed by atoms with van der Waals surface area (Å²) in [6.45, 7) is 0.506. The van der Waals surface area contributed by atoms with Crippen molar-refractivity contribution < 1.29 is 19.3 Å². The molecule has 1 N–H and O–H groups in total. The highest BCUT2D eigenvalue weighted by atomic mass is 16.5. The summed E-state index contributed by atoms with van der Waals surface area (Å²) in [5.74, 6) is 1.39. The topological polar surface area (TPSA) is 47.9 Å². The van der Waals surface area contributed by atoms with Crippen molar-refractivity contribution in [2.24, 2.45) is 0 Å². The van der Waals surface area contributed by atoms with Crippen molar-refractivity contribution in [3.8, 4) is 11.5 Å². The van der Waals surface area contributed by atoms with Crippen LogP contribution < -0.4 is 9.47 Å². The molecular weight excluding hydrogens is 232 g/mol. The Morgan fingerprint density at radius 2 is 1.89 bits per heavy atom. The molecule has 4 nitrogen and oxygen atoms in total. The monoisotopic (exact) mass is 252 g/mol. The van der Waals surface area contributed by atoms with Crippen LogP contribution >= 0.6 is 0 Å². The summed E-state index contributed by atoms with van der Waals surface area (Å²) in [7, 11) is 4.89. The molecule has 100 valence electrons. The molecule has 0 bridgehead atoms. The summed E-state index contributed by atoms with van der Waals surface area (Å²) >= 11 is 0. The predicted octanol–water partition coefficient (Wildman–Crippen LogP) is 1.92. The lowest BCUT2D eigenvalue weighted by atomic mass is 9.99. The highest BCUT2D eigenvalue weighted by Crippen LogP contribution is 2.43.